The molecule has 0 spiro atoms. The smallest absolute Gasteiger partial charge is 0.333 e. The van der Waals surface area contributed by atoms with Gasteiger partial charge in [-0.3, -0.25) is 9.59 Å². The molecule has 1 fully saturated rings. The SMILES string of the molecule is C/C=C/C=C/C(O)=C1/C(O)=C(C)C(=O)[C@@]2(C)OC(=O)[C@@](C)(NC(=O)/C=C/C(=O)OC)[C@@H]12. The Hall–Kier alpha value is -3.62. The molecule has 166 valence electrons. The third-order valence-electron chi connectivity index (χ3n) is 5.34. The fourth-order valence-electron chi connectivity index (χ4n) is 3.84. The van der Waals surface area contributed by atoms with E-state index in [2.05, 4.69) is 10.1 Å². The van der Waals surface area contributed by atoms with E-state index in [4.69, 9.17) is 4.74 Å². The Morgan fingerprint density at radius 3 is 2.39 bits per heavy atom. The average Bonchev–Trinajstić information content (AvgIpc) is 2.91. The Morgan fingerprint density at radius 2 is 1.81 bits per heavy atom. The fraction of sp³-hybridized carbons (Fsp3) is 0.364. The van der Waals surface area contributed by atoms with Crippen molar-refractivity contribution in [1.29, 1.82) is 0 Å². The Bertz CT molecular complexity index is 983. The largest absolute Gasteiger partial charge is 0.508 e. The fourth-order valence-corrected chi connectivity index (χ4v) is 3.84. The summed E-state index contributed by atoms with van der Waals surface area (Å²) in [6, 6.07) is 0. The molecule has 0 aromatic heterocycles. The lowest BCUT2D eigenvalue weighted by molar-refractivity contribution is -0.157. The monoisotopic (exact) mass is 431 g/mol. The van der Waals surface area contributed by atoms with Gasteiger partial charge in [-0.05, 0) is 33.8 Å². The Labute approximate surface area is 179 Å². The summed E-state index contributed by atoms with van der Waals surface area (Å²) in [5.74, 6) is -5.36. The molecule has 0 saturated carbocycles. The molecule has 9 nitrogen and oxygen atoms in total. The van der Waals surface area contributed by atoms with Gasteiger partial charge in [0.2, 0.25) is 11.7 Å². The standard InChI is InChI=1S/C22H25NO8/c1-6-7-8-9-13(24)16-17(27)12(2)19(28)22(4)18(16)21(3,20(29)31-22)23-14(25)10-11-15(26)30-5/h6-11,18,24,27H,1-5H3,(H,23,25)/b7-6+,9-8+,11-10+,16-13+/t18-,21+,22+/m1/s1. The van der Waals surface area contributed by atoms with Gasteiger partial charge in [0.05, 0.1) is 13.0 Å². The average molecular weight is 431 g/mol. The number of ether oxygens (including phenoxy) is 2. The number of esters is 2. The highest BCUT2D eigenvalue weighted by atomic mass is 16.6. The van der Waals surface area contributed by atoms with E-state index in [1.165, 1.54) is 32.9 Å². The van der Waals surface area contributed by atoms with Crippen LogP contribution in [0.1, 0.15) is 27.7 Å². The number of nitrogens with one attached hydrogen (secondary N) is 1. The molecule has 0 aromatic rings. The zero-order valence-corrected chi connectivity index (χ0v) is 17.9. The Kier molecular flexibility index (Phi) is 6.58. The number of amides is 1. The zero-order chi connectivity index (χ0) is 23.6. The second-order valence-corrected chi connectivity index (χ2v) is 7.46. The maximum Gasteiger partial charge on any atom is 0.333 e. The number of ketones is 1. The minimum absolute atomic E-state index is 0.0892. The topological polar surface area (TPSA) is 139 Å². The van der Waals surface area contributed by atoms with Crippen LogP contribution in [-0.4, -0.2) is 52.1 Å². The summed E-state index contributed by atoms with van der Waals surface area (Å²) >= 11 is 0. The van der Waals surface area contributed by atoms with E-state index in [0.717, 1.165) is 19.3 Å². The van der Waals surface area contributed by atoms with Gasteiger partial charge in [0, 0.05) is 23.3 Å². The van der Waals surface area contributed by atoms with Crippen molar-refractivity contribution in [3.8, 4) is 0 Å². The molecule has 0 radical (unpaired) electrons. The highest BCUT2D eigenvalue weighted by molar-refractivity contribution is 6.09. The first kappa shape index (κ1) is 23.7. The molecule has 0 aromatic carbocycles. The molecule has 2 rings (SSSR count). The van der Waals surface area contributed by atoms with Crippen LogP contribution < -0.4 is 5.32 Å². The molecule has 1 aliphatic carbocycles. The van der Waals surface area contributed by atoms with E-state index in [-0.39, 0.29) is 11.1 Å². The molecule has 1 aliphatic heterocycles. The summed E-state index contributed by atoms with van der Waals surface area (Å²) in [5, 5.41) is 23.8. The van der Waals surface area contributed by atoms with Crippen molar-refractivity contribution in [3.63, 3.8) is 0 Å². The van der Waals surface area contributed by atoms with Crippen molar-refractivity contribution in [2.24, 2.45) is 5.92 Å². The number of rotatable bonds is 5. The first-order valence-corrected chi connectivity index (χ1v) is 9.43. The van der Waals surface area contributed by atoms with Crippen molar-refractivity contribution in [1.82, 2.24) is 5.32 Å². The predicted molar refractivity (Wildman–Crippen MR) is 110 cm³/mol. The van der Waals surface area contributed by atoms with E-state index < -0.39 is 52.2 Å². The van der Waals surface area contributed by atoms with Crippen molar-refractivity contribution >= 4 is 23.6 Å². The van der Waals surface area contributed by atoms with Gasteiger partial charge in [-0.25, -0.2) is 9.59 Å². The highest BCUT2D eigenvalue weighted by Gasteiger charge is 2.68. The quantitative estimate of drug-likeness (QED) is 0.259. The molecule has 1 amide bonds. The molecule has 9 heteroatoms. The Balaban J connectivity index is 2.65. The number of carbonyl (C=O) groups is 4. The molecular formula is C22H25NO8. The van der Waals surface area contributed by atoms with Gasteiger partial charge in [0.25, 0.3) is 0 Å². The van der Waals surface area contributed by atoms with Gasteiger partial charge < -0.3 is 25.0 Å². The molecule has 3 atom stereocenters. The number of Topliss-reactive ketones (excluding diaryl/α,β-unsaturated/α-hetero) is 1. The van der Waals surface area contributed by atoms with Crippen LogP contribution in [0.2, 0.25) is 0 Å². The molecule has 31 heavy (non-hydrogen) atoms. The number of aliphatic hydroxyl groups is 2. The third kappa shape index (κ3) is 4.03. The van der Waals surface area contributed by atoms with E-state index in [1.807, 2.05) is 0 Å². The van der Waals surface area contributed by atoms with Crippen LogP contribution in [0.25, 0.3) is 0 Å². The van der Waals surface area contributed by atoms with E-state index in [0.29, 0.717) is 0 Å². The third-order valence-corrected chi connectivity index (χ3v) is 5.34. The summed E-state index contributed by atoms with van der Waals surface area (Å²) < 4.78 is 9.82. The Morgan fingerprint density at radius 1 is 1.16 bits per heavy atom. The molecule has 0 bridgehead atoms. The summed E-state index contributed by atoms with van der Waals surface area (Å²) in [4.78, 5) is 49.4. The van der Waals surface area contributed by atoms with Gasteiger partial charge >= 0.3 is 11.9 Å². The maximum absolute atomic E-state index is 12.9. The number of carbonyl (C=O) groups excluding carboxylic acids is 4. The van der Waals surface area contributed by atoms with E-state index >= 15 is 0 Å². The highest BCUT2D eigenvalue weighted by Crippen LogP contribution is 2.51. The predicted octanol–water partition coefficient (Wildman–Crippen LogP) is 1.88. The van der Waals surface area contributed by atoms with Crippen LogP contribution in [-0.2, 0) is 28.7 Å². The second-order valence-electron chi connectivity index (χ2n) is 7.46. The normalized spacial score (nSPS) is 30.2. The van der Waals surface area contributed by atoms with Crippen LogP contribution in [0.4, 0.5) is 0 Å². The van der Waals surface area contributed by atoms with Crippen molar-refractivity contribution in [2.45, 2.75) is 38.8 Å². The first-order valence-electron chi connectivity index (χ1n) is 9.43. The number of fused-ring (bicyclic) bond motifs is 1. The van der Waals surface area contributed by atoms with Gasteiger partial charge in [0.1, 0.15) is 17.1 Å². The van der Waals surface area contributed by atoms with Gasteiger partial charge in [-0.2, -0.15) is 0 Å². The van der Waals surface area contributed by atoms with Crippen LogP contribution in [0, 0.1) is 5.92 Å². The second kappa shape index (κ2) is 8.63. The number of hydrogen-bond donors (Lipinski definition) is 3. The van der Waals surface area contributed by atoms with Crippen LogP contribution in [0.5, 0.6) is 0 Å². The van der Waals surface area contributed by atoms with Crippen molar-refractivity contribution in [3.05, 3.63) is 59.1 Å². The van der Waals surface area contributed by atoms with Gasteiger partial charge in [0.15, 0.2) is 5.60 Å². The minimum Gasteiger partial charge on any atom is -0.508 e. The number of methoxy groups -OCH3 is 1. The van der Waals surface area contributed by atoms with Crippen LogP contribution in [0.15, 0.2) is 59.1 Å². The van der Waals surface area contributed by atoms with Gasteiger partial charge in [-0.1, -0.05) is 18.2 Å². The number of hydrogen-bond acceptors (Lipinski definition) is 8. The molecule has 3 N–H and O–H groups in total. The van der Waals surface area contributed by atoms with Crippen LogP contribution >= 0.6 is 0 Å². The maximum atomic E-state index is 12.9. The molecule has 0 unspecified atom stereocenters. The van der Waals surface area contributed by atoms with Crippen molar-refractivity contribution in [2.75, 3.05) is 7.11 Å². The lowest BCUT2D eigenvalue weighted by Gasteiger charge is -2.39. The first-order chi connectivity index (χ1) is 14.4. The molecule has 1 saturated heterocycles. The lowest BCUT2D eigenvalue weighted by Crippen LogP contribution is -2.59. The lowest BCUT2D eigenvalue weighted by atomic mass is 9.65. The van der Waals surface area contributed by atoms with Crippen LogP contribution in [0.3, 0.4) is 0 Å². The summed E-state index contributed by atoms with van der Waals surface area (Å²) in [5.41, 5.74) is -3.83. The number of aliphatic hydroxyl groups excluding tert-OH is 2. The van der Waals surface area contributed by atoms with E-state index in [9.17, 15) is 29.4 Å². The van der Waals surface area contributed by atoms with Crippen molar-refractivity contribution < 1.29 is 38.9 Å². The van der Waals surface area contributed by atoms with Gasteiger partial charge in [-0.15, -0.1) is 0 Å². The summed E-state index contributed by atoms with van der Waals surface area (Å²) in [6.07, 6.45) is 7.86. The molecule has 1 heterocycles. The number of allylic oxidation sites excluding steroid dienone is 5. The van der Waals surface area contributed by atoms with E-state index in [1.54, 1.807) is 19.1 Å². The minimum atomic E-state index is -1.84. The molecular weight excluding hydrogens is 406 g/mol. The summed E-state index contributed by atoms with van der Waals surface area (Å²) in [6.45, 7) is 5.80. The molecule has 2 aliphatic rings. The summed E-state index contributed by atoms with van der Waals surface area (Å²) in [7, 11) is 1.14. The zero-order valence-electron chi connectivity index (χ0n) is 17.9.